The zero-order chi connectivity index (χ0) is 11.5. The number of aromatic nitrogens is 2. The molecule has 4 heteroatoms. The lowest BCUT2D eigenvalue weighted by Gasteiger charge is -2.09. The molecule has 0 radical (unpaired) electrons. The van der Waals surface area contributed by atoms with Gasteiger partial charge in [-0.25, -0.2) is 9.97 Å². The Bertz CT molecular complexity index is 358. The van der Waals surface area contributed by atoms with E-state index in [9.17, 15) is 0 Å². The average Bonchev–Trinajstić information content (AvgIpc) is 3.01. The molecule has 1 saturated carbocycles. The molecule has 0 bridgehead atoms. The summed E-state index contributed by atoms with van der Waals surface area (Å²) in [7, 11) is 0. The van der Waals surface area contributed by atoms with Crippen LogP contribution < -0.4 is 11.1 Å². The predicted molar refractivity (Wildman–Crippen MR) is 66.4 cm³/mol. The molecule has 0 unspecified atom stereocenters. The Hall–Kier alpha value is -1.32. The minimum absolute atomic E-state index is 0.312. The van der Waals surface area contributed by atoms with Crippen LogP contribution in [0.4, 0.5) is 11.6 Å². The maximum Gasteiger partial charge on any atom is 0.135 e. The Balaban J connectivity index is 1.95. The molecule has 1 aliphatic carbocycles. The van der Waals surface area contributed by atoms with Crippen molar-refractivity contribution in [3.05, 3.63) is 11.9 Å². The van der Waals surface area contributed by atoms with Crippen LogP contribution in [0.1, 0.15) is 44.9 Å². The minimum Gasteiger partial charge on any atom is -0.384 e. The van der Waals surface area contributed by atoms with Crippen molar-refractivity contribution >= 4 is 11.6 Å². The summed E-state index contributed by atoms with van der Waals surface area (Å²) in [5.74, 6) is 3.47. The number of anilines is 2. The lowest BCUT2D eigenvalue weighted by molar-refractivity contribution is 0.749. The molecule has 3 N–H and O–H groups in total. The summed E-state index contributed by atoms with van der Waals surface area (Å²) >= 11 is 0. The monoisotopic (exact) mass is 220 g/mol. The summed E-state index contributed by atoms with van der Waals surface area (Å²) in [6.45, 7) is 5.13. The fourth-order valence-corrected chi connectivity index (χ4v) is 1.64. The Kier molecular flexibility index (Phi) is 3.27. The quantitative estimate of drug-likeness (QED) is 0.799. The molecule has 4 nitrogen and oxygen atoms in total. The van der Waals surface area contributed by atoms with Gasteiger partial charge in [0.1, 0.15) is 17.5 Å². The summed E-state index contributed by atoms with van der Waals surface area (Å²) in [6.07, 6.45) is 4.02. The first kappa shape index (κ1) is 11.2. The molecule has 1 aromatic heterocycles. The average molecular weight is 220 g/mol. The van der Waals surface area contributed by atoms with Gasteiger partial charge >= 0.3 is 0 Å². The highest BCUT2D eigenvalue weighted by Crippen LogP contribution is 2.32. The van der Waals surface area contributed by atoms with Crippen molar-refractivity contribution in [1.29, 1.82) is 0 Å². The largest absolute Gasteiger partial charge is 0.384 e. The first-order chi connectivity index (χ1) is 7.65. The lowest BCUT2D eigenvalue weighted by atomic mass is 10.2. The number of hydrogen-bond acceptors (Lipinski definition) is 4. The van der Waals surface area contributed by atoms with Gasteiger partial charge in [-0.3, -0.25) is 0 Å². The van der Waals surface area contributed by atoms with Crippen LogP contribution in [0.15, 0.2) is 6.07 Å². The second-order valence-corrected chi connectivity index (χ2v) is 4.85. The van der Waals surface area contributed by atoms with E-state index in [1.165, 1.54) is 19.3 Å². The van der Waals surface area contributed by atoms with Crippen molar-refractivity contribution in [3.8, 4) is 0 Å². The van der Waals surface area contributed by atoms with Gasteiger partial charge < -0.3 is 11.1 Å². The first-order valence-corrected chi connectivity index (χ1v) is 6.03. The Morgan fingerprint density at radius 1 is 1.44 bits per heavy atom. The van der Waals surface area contributed by atoms with Crippen LogP contribution in [0.3, 0.4) is 0 Å². The van der Waals surface area contributed by atoms with Crippen molar-refractivity contribution in [3.63, 3.8) is 0 Å². The molecular formula is C12H20N4. The van der Waals surface area contributed by atoms with Crippen molar-refractivity contribution in [2.45, 2.75) is 39.0 Å². The molecule has 2 rings (SSSR count). The molecule has 0 amide bonds. The van der Waals surface area contributed by atoms with E-state index in [0.29, 0.717) is 11.7 Å². The van der Waals surface area contributed by atoms with Crippen molar-refractivity contribution in [2.75, 3.05) is 17.6 Å². The van der Waals surface area contributed by atoms with Gasteiger partial charge in [0.25, 0.3) is 0 Å². The normalized spacial score (nSPS) is 15.4. The molecule has 0 aromatic carbocycles. The highest BCUT2D eigenvalue weighted by atomic mass is 15.0. The van der Waals surface area contributed by atoms with Gasteiger partial charge in [0, 0.05) is 18.5 Å². The van der Waals surface area contributed by atoms with E-state index in [2.05, 4.69) is 29.1 Å². The van der Waals surface area contributed by atoms with E-state index in [1.54, 1.807) is 6.07 Å². The van der Waals surface area contributed by atoms with E-state index in [-0.39, 0.29) is 0 Å². The topological polar surface area (TPSA) is 63.8 Å². The highest BCUT2D eigenvalue weighted by molar-refractivity contribution is 5.44. The molecule has 16 heavy (non-hydrogen) atoms. The van der Waals surface area contributed by atoms with Gasteiger partial charge in [-0.05, 0) is 12.3 Å². The molecule has 0 atom stereocenters. The second-order valence-electron chi connectivity index (χ2n) is 4.85. The van der Waals surface area contributed by atoms with E-state index in [1.807, 2.05) is 0 Å². The zero-order valence-electron chi connectivity index (χ0n) is 10.0. The molecular weight excluding hydrogens is 200 g/mol. The van der Waals surface area contributed by atoms with Crippen molar-refractivity contribution in [2.24, 2.45) is 5.92 Å². The van der Waals surface area contributed by atoms with Crippen LogP contribution in [0.5, 0.6) is 0 Å². The molecule has 0 saturated heterocycles. The number of hydrogen-bond donors (Lipinski definition) is 2. The number of nitrogens with zero attached hydrogens (tertiary/aromatic N) is 2. The van der Waals surface area contributed by atoms with Crippen LogP contribution in [0.2, 0.25) is 0 Å². The van der Waals surface area contributed by atoms with Crippen LogP contribution >= 0.6 is 0 Å². The van der Waals surface area contributed by atoms with Gasteiger partial charge in [0.05, 0.1) is 0 Å². The fraction of sp³-hybridized carbons (Fsp3) is 0.667. The Labute approximate surface area is 96.7 Å². The fourth-order valence-electron chi connectivity index (χ4n) is 1.64. The van der Waals surface area contributed by atoms with E-state index in [4.69, 9.17) is 5.73 Å². The number of nitrogens with one attached hydrogen (secondary N) is 1. The van der Waals surface area contributed by atoms with Gasteiger partial charge in [0.2, 0.25) is 0 Å². The van der Waals surface area contributed by atoms with E-state index < -0.39 is 0 Å². The van der Waals surface area contributed by atoms with Gasteiger partial charge in [-0.2, -0.15) is 0 Å². The summed E-state index contributed by atoms with van der Waals surface area (Å²) in [5.41, 5.74) is 5.75. The smallest absolute Gasteiger partial charge is 0.135 e. The highest BCUT2D eigenvalue weighted by Gasteiger charge is 2.20. The second kappa shape index (κ2) is 4.68. The summed E-state index contributed by atoms with van der Waals surface area (Å²) in [5, 5.41) is 3.32. The summed E-state index contributed by atoms with van der Waals surface area (Å²) < 4.78 is 0. The van der Waals surface area contributed by atoms with Crippen LogP contribution in [-0.4, -0.2) is 16.5 Å². The van der Waals surface area contributed by atoms with Gasteiger partial charge in [0.15, 0.2) is 0 Å². The van der Waals surface area contributed by atoms with E-state index in [0.717, 1.165) is 24.1 Å². The van der Waals surface area contributed by atoms with E-state index >= 15 is 0 Å². The number of nitrogens with two attached hydrogens (primary N) is 1. The minimum atomic E-state index is 0.312. The molecule has 1 heterocycles. The lowest BCUT2D eigenvalue weighted by Crippen LogP contribution is -2.08. The van der Waals surface area contributed by atoms with Crippen LogP contribution in [0, 0.1) is 5.92 Å². The summed E-state index contributed by atoms with van der Waals surface area (Å²) in [4.78, 5) is 8.66. The van der Waals surface area contributed by atoms with Crippen LogP contribution in [-0.2, 0) is 0 Å². The summed E-state index contributed by atoms with van der Waals surface area (Å²) in [6, 6.07) is 1.80. The number of rotatable bonds is 5. The SMILES string of the molecule is CC(C)c1nc(N)cc(NCCC2CC2)n1. The molecule has 0 aliphatic heterocycles. The molecule has 88 valence electrons. The first-order valence-electron chi connectivity index (χ1n) is 6.03. The molecule has 1 aromatic rings. The maximum atomic E-state index is 5.75. The van der Waals surface area contributed by atoms with Crippen LogP contribution in [0.25, 0.3) is 0 Å². The maximum absolute atomic E-state index is 5.75. The molecule has 1 aliphatic rings. The Morgan fingerprint density at radius 2 is 2.19 bits per heavy atom. The molecule has 1 fully saturated rings. The van der Waals surface area contributed by atoms with Crippen molar-refractivity contribution < 1.29 is 0 Å². The van der Waals surface area contributed by atoms with Gasteiger partial charge in [-0.15, -0.1) is 0 Å². The standard InChI is InChI=1S/C12H20N4/c1-8(2)12-15-10(13)7-11(16-12)14-6-5-9-3-4-9/h7-9H,3-6H2,1-2H3,(H3,13,14,15,16). The predicted octanol–water partition coefficient (Wildman–Crippen LogP) is 2.39. The zero-order valence-corrected chi connectivity index (χ0v) is 10.0. The third-order valence-corrected chi connectivity index (χ3v) is 2.84. The number of nitrogen functional groups attached to an aromatic ring is 1. The third-order valence-electron chi connectivity index (χ3n) is 2.84. The van der Waals surface area contributed by atoms with Gasteiger partial charge in [-0.1, -0.05) is 26.7 Å². The van der Waals surface area contributed by atoms with Crippen molar-refractivity contribution in [1.82, 2.24) is 9.97 Å². The Morgan fingerprint density at radius 3 is 2.81 bits per heavy atom. The third kappa shape index (κ3) is 3.08. The molecule has 0 spiro atoms.